The standard InChI is InChI=1S/C16H29N3S/c1-5-8-17-15-18-11-14(20-15)12-19-9-6-13(7-10-19)16(2,3)4/h11,13H,5-10,12H2,1-4H3,(H,17,18). The summed E-state index contributed by atoms with van der Waals surface area (Å²) in [6.07, 6.45) is 5.86. The van der Waals surface area contributed by atoms with Crippen molar-refractivity contribution in [3.63, 3.8) is 0 Å². The predicted octanol–water partition coefficient (Wildman–Crippen LogP) is 4.22. The minimum atomic E-state index is 0.466. The van der Waals surface area contributed by atoms with Crippen LogP contribution in [0.3, 0.4) is 0 Å². The zero-order valence-electron chi connectivity index (χ0n) is 13.4. The van der Waals surface area contributed by atoms with Crippen molar-refractivity contribution in [1.82, 2.24) is 9.88 Å². The van der Waals surface area contributed by atoms with E-state index in [4.69, 9.17) is 0 Å². The van der Waals surface area contributed by atoms with Gasteiger partial charge in [0.25, 0.3) is 0 Å². The molecular weight excluding hydrogens is 266 g/mol. The molecule has 4 heteroatoms. The summed E-state index contributed by atoms with van der Waals surface area (Å²) in [4.78, 5) is 8.42. The van der Waals surface area contributed by atoms with Crippen LogP contribution in [0.1, 0.15) is 51.8 Å². The van der Waals surface area contributed by atoms with E-state index in [2.05, 4.69) is 42.9 Å². The highest BCUT2D eigenvalue weighted by atomic mass is 32.1. The van der Waals surface area contributed by atoms with Gasteiger partial charge in [0, 0.05) is 24.2 Å². The lowest BCUT2D eigenvalue weighted by Crippen LogP contribution is -2.37. The predicted molar refractivity (Wildman–Crippen MR) is 88.4 cm³/mol. The van der Waals surface area contributed by atoms with Crippen LogP contribution in [0.4, 0.5) is 5.13 Å². The molecule has 3 nitrogen and oxygen atoms in total. The van der Waals surface area contributed by atoms with Gasteiger partial charge in [-0.15, -0.1) is 11.3 Å². The molecule has 1 N–H and O–H groups in total. The van der Waals surface area contributed by atoms with Gasteiger partial charge in [0.15, 0.2) is 5.13 Å². The Bertz CT molecular complexity index is 400. The maximum atomic E-state index is 4.45. The minimum absolute atomic E-state index is 0.466. The third-order valence-electron chi connectivity index (χ3n) is 4.27. The highest BCUT2D eigenvalue weighted by Crippen LogP contribution is 2.34. The van der Waals surface area contributed by atoms with Gasteiger partial charge in [0.05, 0.1) is 0 Å². The molecule has 2 rings (SSSR count). The molecular formula is C16H29N3S. The van der Waals surface area contributed by atoms with Gasteiger partial charge in [-0.1, -0.05) is 27.7 Å². The van der Waals surface area contributed by atoms with E-state index in [1.165, 1.54) is 30.8 Å². The number of hydrogen-bond donors (Lipinski definition) is 1. The second kappa shape index (κ2) is 6.90. The number of thiazole rings is 1. The zero-order valence-corrected chi connectivity index (χ0v) is 14.2. The van der Waals surface area contributed by atoms with Crippen molar-refractivity contribution in [3.8, 4) is 0 Å². The number of likely N-dealkylation sites (tertiary alicyclic amines) is 1. The molecule has 0 radical (unpaired) electrons. The summed E-state index contributed by atoms with van der Waals surface area (Å²) in [7, 11) is 0. The lowest BCUT2D eigenvalue weighted by atomic mass is 9.75. The summed E-state index contributed by atoms with van der Waals surface area (Å²) in [6, 6.07) is 0. The fraction of sp³-hybridized carbons (Fsp3) is 0.812. The molecule has 1 aromatic rings. The summed E-state index contributed by atoms with van der Waals surface area (Å²) in [5.74, 6) is 0.877. The van der Waals surface area contributed by atoms with Crippen molar-refractivity contribution in [2.75, 3.05) is 25.0 Å². The van der Waals surface area contributed by atoms with Crippen LogP contribution in [-0.4, -0.2) is 29.5 Å². The number of nitrogens with one attached hydrogen (secondary N) is 1. The van der Waals surface area contributed by atoms with Crippen molar-refractivity contribution < 1.29 is 0 Å². The van der Waals surface area contributed by atoms with Crippen molar-refractivity contribution in [2.45, 2.75) is 53.5 Å². The average Bonchev–Trinajstić information content (AvgIpc) is 2.83. The largest absolute Gasteiger partial charge is 0.362 e. The number of hydrogen-bond acceptors (Lipinski definition) is 4. The Balaban J connectivity index is 1.79. The van der Waals surface area contributed by atoms with Crippen molar-refractivity contribution >= 4 is 16.5 Å². The number of aromatic nitrogens is 1. The highest BCUT2D eigenvalue weighted by molar-refractivity contribution is 7.15. The van der Waals surface area contributed by atoms with Crippen molar-refractivity contribution in [2.24, 2.45) is 11.3 Å². The lowest BCUT2D eigenvalue weighted by molar-refractivity contribution is 0.108. The molecule has 1 aliphatic heterocycles. The Labute approximate surface area is 127 Å². The molecule has 0 atom stereocenters. The van der Waals surface area contributed by atoms with Crippen LogP contribution in [0, 0.1) is 11.3 Å². The van der Waals surface area contributed by atoms with E-state index in [9.17, 15) is 0 Å². The highest BCUT2D eigenvalue weighted by Gasteiger charge is 2.28. The van der Waals surface area contributed by atoms with Gasteiger partial charge in [0.2, 0.25) is 0 Å². The Morgan fingerprint density at radius 3 is 2.65 bits per heavy atom. The van der Waals surface area contributed by atoms with Gasteiger partial charge in [-0.3, -0.25) is 4.90 Å². The van der Waals surface area contributed by atoms with Crippen LogP contribution in [0.2, 0.25) is 0 Å². The topological polar surface area (TPSA) is 28.2 Å². The Hall–Kier alpha value is -0.610. The number of nitrogens with zero attached hydrogens (tertiary/aromatic N) is 2. The minimum Gasteiger partial charge on any atom is -0.362 e. The molecule has 114 valence electrons. The van der Waals surface area contributed by atoms with Gasteiger partial charge in [0.1, 0.15) is 0 Å². The monoisotopic (exact) mass is 295 g/mol. The number of piperidine rings is 1. The molecule has 1 aromatic heterocycles. The van der Waals surface area contributed by atoms with E-state index >= 15 is 0 Å². The molecule has 1 aliphatic rings. The Kier molecular flexibility index (Phi) is 5.44. The molecule has 0 saturated carbocycles. The Morgan fingerprint density at radius 1 is 1.35 bits per heavy atom. The smallest absolute Gasteiger partial charge is 0.182 e. The third-order valence-corrected chi connectivity index (χ3v) is 5.21. The molecule has 1 saturated heterocycles. The Morgan fingerprint density at radius 2 is 2.05 bits per heavy atom. The van der Waals surface area contributed by atoms with E-state index in [0.717, 1.165) is 30.6 Å². The molecule has 0 aromatic carbocycles. The van der Waals surface area contributed by atoms with Crippen molar-refractivity contribution in [3.05, 3.63) is 11.1 Å². The van der Waals surface area contributed by atoms with E-state index in [1.54, 1.807) is 0 Å². The van der Waals surface area contributed by atoms with Crippen LogP contribution in [0.25, 0.3) is 0 Å². The zero-order chi connectivity index (χ0) is 14.6. The second-order valence-electron chi connectivity index (χ2n) is 6.97. The molecule has 1 fully saturated rings. The summed E-state index contributed by atoms with van der Waals surface area (Å²) < 4.78 is 0. The normalized spacial score (nSPS) is 18.4. The summed E-state index contributed by atoms with van der Waals surface area (Å²) in [5, 5.41) is 4.44. The SMILES string of the molecule is CCCNc1ncc(CN2CCC(C(C)(C)C)CC2)s1. The van der Waals surface area contributed by atoms with Gasteiger partial charge in [-0.25, -0.2) is 4.98 Å². The first-order valence-electron chi connectivity index (χ1n) is 7.90. The summed E-state index contributed by atoms with van der Waals surface area (Å²) in [6.45, 7) is 13.9. The molecule has 0 amide bonds. The second-order valence-corrected chi connectivity index (χ2v) is 8.09. The molecule has 0 unspecified atom stereocenters. The van der Waals surface area contributed by atoms with Gasteiger partial charge in [-0.2, -0.15) is 0 Å². The molecule has 20 heavy (non-hydrogen) atoms. The number of rotatable bonds is 5. The quantitative estimate of drug-likeness (QED) is 0.881. The maximum Gasteiger partial charge on any atom is 0.182 e. The van der Waals surface area contributed by atoms with Crippen LogP contribution in [-0.2, 0) is 6.54 Å². The summed E-state index contributed by atoms with van der Waals surface area (Å²) >= 11 is 1.81. The fourth-order valence-corrected chi connectivity index (χ4v) is 3.75. The van der Waals surface area contributed by atoms with E-state index in [0.29, 0.717) is 5.41 Å². The van der Waals surface area contributed by atoms with E-state index in [-0.39, 0.29) is 0 Å². The molecule has 0 spiro atoms. The van der Waals surface area contributed by atoms with Gasteiger partial charge in [-0.05, 0) is 43.7 Å². The van der Waals surface area contributed by atoms with Gasteiger partial charge >= 0.3 is 0 Å². The average molecular weight is 295 g/mol. The fourth-order valence-electron chi connectivity index (χ4n) is 2.87. The number of anilines is 1. The first kappa shape index (κ1) is 15.8. The molecule has 2 heterocycles. The lowest BCUT2D eigenvalue weighted by Gasteiger charge is -2.38. The maximum absolute atomic E-state index is 4.45. The van der Waals surface area contributed by atoms with Gasteiger partial charge < -0.3 is 5.32 Å². The van der Waals surface area contributed by atoms with Crippen LogP contribution < -0.4 is 5.32 Å². The van der Waals surface area contributed by atoms with Crippen molar-refractivity contribution in [1.29, 1.82) is 0 Å². The van der Waals surface area contributed by atoms with E-state index in [1.807, 2.05) is 17.5 Å². The van der Waals surface area contributed by atoms with Crippen LogP contribution >= 0.6 is 11.3 Å². The first-order chi connectivity index (χ1) is 9.49. The summed E-state index contributed by atoms with van der Waals surface area (Å²) in [5.41, 5.74) is 0.466. The van der Waals surface area contributed by atoms with E-state index < -0.39 is 0 Å². The third kappa shape index (κ3) is 4.45. The van der Waals surface area contributed by atoms with Crippen LogP contribution in [0.15, 0.2) is 6.20 Å². The van der Waals surface area contributed by atoms with Crippen LogP contribution in [0.5, 0.6) is 0 Å². The molecule has 0 bridgehead atoms. The first-order valence-corrected chi connectivity index (χ1v) is 8.71. The molecule has 0 aliphatic carbocycles.